The molecule has 4 N–H and O–H groups in total. The molecule has 3 saturated carbocycles. The fourth-order valence-corrected chi connectivity index (χ4v) is 12.2. The second-order valence-corrected chi connectivity index (χ2v) is 17.0. The summed E-state index contributed by atoms with van der Waals surface area (Å²) in [4.78, 5) is 36.6. The number of hydrogen-bond acceptors (Lipinski definition) is 4. The molecule has 5 rings (SSSR count). The number of aliphatic carboxylic acids is 1. The molecule has 1 amide bonds. The molecule has 48 heavy (non-hydrogen) atoms. The molecule has 7 nitrogen and oxygen atoms in total. The zero-order chi connectivity index (χ0) is 35.2. The third-order valence-corrected chi connectivity index (χ3v) is 14.6. The standard InChI is InChI=1S/C41H60N2O5/c1-9-33-38(5,6)31(27-10-12-28(13-11-27)36(46)47)17-18-40(33,8)30-14-15-32-35-29(25(2)3)16-19-41(35,21-20-39(32,7)26(30)4)37(48)43-23-22-42-24-34(44)45/h10-13,17,26,29-30,32-33,35,42H,2,9,14-16,18-24H2,1,3-8H3,(H,43,48)(H,44,45)(H,46,47). The van der Waals surface area contributed by atoms with Crippen LogP contribution in [0.25, 0.3) is 5.57 Å². The van der Waals surface area contributed by atoms with Gasteiger partial charge in [0.15, 0.2) is 0 Å². The Balaban J connectivity index is 1.42. The number of carboxylic acid groups (broad SMARTS) is 2. The Labute approximate surface area is 288 Å². The SMILES string of the molecule is C=C(C)C1CCC2(C(=O)NCCNCC(=O)O)CCC3(C)C(C)C(C4(C)CC=C(c5ccc(C(=O)O)cc5)C(C)(C)C4CC)CCC3C12. The average molecular weight is 661 g/mol. The molecule has 7 heteroatoms. The molecule has 0 heterocycles. The summed E-state index contributed by atoms with van der Waals surface area (Å²) in [7, 11) is 0. The summed E-state index contributed by atoms with van der Waals surface area (Å²) in [5.41, 5.74) is 3.77. The molecule has 4 aliphatic rings. The lowest BCUT2D eigenvalue weighted by atomic mass is 9.40. The van der Waals surface area contributed by atoms with E-state index in [1.54, 1.807) is 12.1 Å². The molecule has 0 saturated heterocycles. The number of fused-ring (bicyclic) bond motifs is 3. The largest absolute Gasteiger partial charge is 0.480 e. The van der Waals surface area contributed by atoms with Crippen LogP contribution in [-0.4, -0.2) is 47.7 Å². The minimum atomic E-state index is -0.895. The van der Waals surface area contributed by atoms with Gasteiger partial charge in [0.1, 0.15) is 0 Å². The monoisotopic (exact) mass is 660 g/mol. The highest BCUT2D eigenvalue weighted by molar-refractivity contribution is 5.88. The van der Waals surface area contributed by atoms with E-state index in [1.807, 2.05) is 12.1 Å². The van der Waals surface area contributed by atoms with Crippen LogP contribution in [0.2, 0.25) is 0 Å². The fourth-order valence-electron chi connectivity index (χ4n) is 12.2. The maximum Gasteiger partial charge on any atom is 0.335 e. The van der Waals surface area contributed by atoms with Crippen molar-refractivity contribution in [2.24, 2.45) is 57.2 Å². The predicted molar refractivity (Wildman–Crippen MR) is 191 cm³/mol. The number of allylic oxidation sites excluding steroid dienone is 3. The molecule has 264 valence electrons. The van der Waals surface area contributed by atoms with Gasteiger partial charge < -0.3 is 20.8 Å². The molecule has 1 aromatic carbocycles. The van der Waals surface area contributed by atoms with E-state index in [9.17, 15) is 19.5 Å². The van der Waals surface area contributed by atoms with Crippen LogP contribution in [0.15, 0.2) is 42.5 Å². The summed E-state index contributed by atoms with van der Waals surface area (Å²) < 4.78 is 0. The van der Waals surface area contributed by atoms with Crippen molar-refractivity contribution in [2.75, 3.05) is 19.6 Å². The molecule has 1 aromatic rings. The first kappa shape index (κ1) is 36.4. The zero-order valence-electron chi connectivity index (χ0n) is 30.5. The van der Waals surface area contributed by atoms with Gasteiger partial charge in [-0.3, -0.25) is 9.59 Å². The second-order valence-electron chi connectivity index (χ2n) is 17.0. The van der Waals surface area contributed by atoms with Crippen LogP contribution in [0, 0.1) is 57.2 Å². The van der Waals surface area contributed by atoms with E-state index >= 15 is 0 Å². The normalized spacial score (nSPS) is 37.1. The smallest absolute Gasteiger partial charge is 0.335 e. The summed E-state index contributed by atoms with van der Waals surface area (Å²) >= 11 is 0. The van der Waals surface area contributed by atoms with E-state index in [2.05, 4.69) is 71.8 Å². The number of nitrogens with one attached hydrogen (secondary N) is 2. The summed E-state index contributed by atoms with van der Waals surface area (Å²) in [5.74, 6) is 0.981. The van der Waals surface area contributed by atoms with Gasteiger partial charge in [-0.1, -0.05) is 78.3 Å². The quantitative estimate of drug-likeness (QED) is 0.141. The van der Waals surface area contributed by atoms with Crippen molar-refractivity contribution in [3.8, 4) is 0 Å². The fraction of sp³-hybridized carbons (Fsp3) is 0.683. The molecule has 0 bridgehead atoms. The van der Waals surface area contributed by atoms with Gasteiger partial charge in [-0.05, 0) is 127 Å². The molecular formula is C41H60N2O5. The molecule has 3 fully saturated rings. The third-order valence-electron chi connectivity index (χ3n) is 14.6. The Morgan fingerprint density at radius 2 is 1.58 bits per heavy atom. The lowest BCUT2D eigenvalue weighted by molar-refractivity contribution is -0.163. The van der Waals surface area contributed by atoms with E-state index in [0.29, 0.717) is 48.2 Å². The van der Waals surface area contributed by atoms with Crippen molar-refractivity contribution in [3.05, 3.63) is 53.6 Å². The van der Waals surface area contributed by atoms with Gasteiger partial charge in [-0.25, -0.2) is 4.79 Å². The first-order chi connectivity index (χ1) is 22.5. The Bertz CT molecular complexity index is 1450. The number of aromatic carboxylic acids is 1. The maximum absolute atomic E-state index is 14.1. The molecular weight excluding hydrogens is 600 g/mol. The van der Waals surface area contributed by atoms with Crippen LogP contribution in [0.4, 0.5) is 0 Å². The molecule has 4 aliphatic carbocycles. The summed E-state index contributed by atoms with van der Waals surface area (Å²) in [6.45, 7) is 22.2. The number of carboxylic acids is 2. The van der Waals surface area contributed by atoms with Crippen LogP contribution in [0.5, 0.6) is 0 Å². The minimum absolute atomic E-state index is 0.0698. The Morgan fingerprint density at radius 1 is 0.917 bits per heavy atom. The zero-order valence-corrected chi connectivity index (χ0v) is 30.5. The summed E-state index contributed by atoms with van der Waals surface area (Å²) in [6, 6.07) is 7.43. The number of rotatable bonds is 11. The third kappa shape index (κ3) is 5.96. The van der Waals surface area contributed by atoms with Crippen LogP contribution in [-0.2, 0) is 9.59 Å². The average Bonchev–Trinajstić information content (AvgIpc) is 3.43. The van der Waals surface area contributed by atoms with E-state index < -0.39 is 11.9 Å². The number of carbonyl (C=O) groups is 3. The van der Waals surface area contributed by atoms with Crippen LogP contribution in [0.3, 0.4) is 0 Å². The number of benzene rings is 1. The van der Waals surface area contributed by atoms with Gasteiger partial charge in [-0.15, -0.1) is 0 Å². The van der Waals surface area contributed by atoms with Crippen molar-refractivity contribution in [3.63, 3.8) is 0 Å². The van der Waals surface area contributed by atoms with Crippen LogP contribution < -0.4 is 10.6 Å². The number of carbonyl (C=O) groups excluding carboxylic acids is 1. The van der Waals surface area contributed by atoms with Crippen LogP contribution >= 0.6 is 0 Å². The molecule has 0 aliphatic heterocycles. The Morgan fingerprint density at radius 3 is 2.19 bits per heavy atom. The second kappa shape index (κ2) is 13.4. The first-order valence-corrected chi connectivity index (χ1v) is 18.4. The van der Waals surface area contributed by atoms with E-state index in [1.165, 1.54) is 11.1 Å². The topological polar surface area (TPSA) is 116 Å². The number of amides is 1. The van der Waals surface area contributed by atoms with E-state index in [4.69, 9.17) is 5.11 Å². The summed E-state index contributed by atoms with van der Waals surface area (Å²) in [6.07, 6.45) is 10.7. The molecule has 9 unspecified atom stereocenters. The van der Waals surface area contributed by atoms with Crippen molar-refractivity contribution in [2.45, 2.75) is 99.8 Å². The van der Waals surface area contributed by atoms with Gasteiger partial charge in [0.2, 0.25) is 5.91 Å². The molecule has 9 atom stereocenters. The summed E-state index contributed by atoms with van der Waals surface area (Å²) in [5, 5.41) is 24.5. The van der Waals surface area contributed by atoms with Crippen molar-refractivity contribution in [1.29, 1.82) is 0 Å². The Kier molecular flexibility index (Phi) is 10.2. The van der Waals surface area contributed by atoms with Gasteiger partial charge in [0.05, 0.1) is 17.5 Å². The number of hydrogen-bond donors (Lipinski definition) is 4. The van der Waals surface area contributed by atoms with Gasteiger partial charge in [-0.2, -0.15) is 0 Å². The Hall–Kier alpha value is -2.93. The lowest BCUT2D eigenvalue weighted by Crippen LogP contribution is -2.60. The lowest BCUT2D eigenvalue weighted by Gasteiger charge is -2.64. The molecule has 0 radical (unpaired) electrons. The predicted octanol–water partition coefficient (Wildman–Crippen LogP) is 8.07. The van der Waals surface area contributed by atoms with Crippen LogP contribution in [0.1, 0.15) is 116 Å². The maximum atomic E-state index is 14.1. The highest BCUT2D eigenvalue weighted by Crippen LogP contribution is 2.71. The van der Waals surface area contributed by atoms with Gasteiger partial charge in [0, 0.05) is 13.1 Å². The highest BCUT2D eigenvalue weighted by atomic mass is 16.4. The van der Waals surface area contributed by atoms with Gasteiger partial charge >= 0.3 is 11.9 Å². The van der Waals surface area contributed by atoms with Gasteiger partial charge in [0.25, 0.3) is 0 Å². The first-order valence-electron chi connectivity index (χ1n) is 18.4. The minimum Gasteiger partial charge on any atom is -0.480 e. The highest BCUT2D eigenvalue weighted by Gasteiger charge is 2.66. The van der Waals surface area contributed by atoms with Crippen molar-refractivity contribution in [1.82, 2.24) is 10.6 Å². The molecule has 0 spiro atoms. The van der Waals surface area contributed by atoms with Crippen molar-refractivity contribution < 1.29 is 24.6 Å². The molecule has 0 aromatic heterocycles. The van der Waals surface area contributed by atoms with E-state index in [-0.39, 0.29) is 40.0 Å². The van der Waals surface area contributed by atoms with Crippen molar-refractivity contribution >= 4 is 23.4 Å². The van der Waals surface area contributed by atoms with E-state index in [0.717, 1.165) is 56.9 Å².